The molecule has 0 saturated heterocycles. The van der Waals surface area contributed by atoms with Crippen molar-refractivity contribution in [2.45, 2.75) is 6.04 Å². The lowest BCUT2D eigenvalue weighted by atomic mass is 9.95. The molecule has 1 aliphatic rings. The molecule has 4 rings (SSSR count). The Bertz CT molecular complexity index is 1130. The maximum absolute atomic E-state index is 14.3. The molecule has 0 unspecified atom stereocenters. The Morgan fingerprint density at radius 1 is 0.900 bits per heavy atom. The highest BCUT2D eigenvalue weighted by Crippen LogP contribution is 2.37. The van der Waals surface area contributed by atoms with Gasteiger partial charge >= 0.3 is 0 Å². The Morgan fingerprint density at radius 2 is 1.53 bits per heavy atom. The summed E-state index contributed by atoms with van der Waals surface area (Å²) in [6, 6.07) is 10.5. The summed E-state index contributed by atoms with van der Waals surface area (Å²) in [7, 11) is 0. The van der Waals surface area contributed by atoms with Crippen molar-refractivity contribution in [3.8, 4) is 0 Å². The largest absolute Gasteiger partial charge is 0.324 e. The van der Waals surface area contributed by atoms with Gasteiger partial charge in [0.05, 0.1) is 6.04 Å². The van der Waals surface area contributed by atoms with Crippen LogP contribution in [0, 0.1) is 23.3 Å². The number of anilines is 1. The highest BCUT2D eigenvalue weighted by molar-refractivity contribution is 6.01. The molecule has 0 aliphatic carbocycles. The van der Waals surface area contributed by atoms with Gasteiger partial charge in [0.25, 0.3) is 5.91 Å². The minimum atomic E-state index is -1.10. The Morgan fingerprint density at radius 3 is 2.20 bits per heavy atom. The number of carbonyl (C=O) groups is 2. The number of carbonyl (C=O) groups excluding carboxylic acids is 2. The molecule has 0 aromatic heterocycles. The second-order valence-corrected chi connectivity index (χ2v) is 6.76. The third-order valence-corrected chi connectivity index (χ3v) is 4.83. The van der Waals surface area contributed by atoms with Crippen LogP contribution in [0.3, 0.4) is 0 Å². The van der Waals surface area contributed by atoms with Crippen molar-refractivity contribution in [2.75, 3.05) is 11.9 Å². The van der Waals surface area contributed by atoms with Gasteiger partial charge in [-0.25, -0.2) is 17.6 Å². The third kappa shape index (κ3) is 3.52. The van der Waals surface area contributed by atoms with E-state index >= 15 is 0 Å². The second-order valence-electron chi connectivity index (χ2n) is 6.76. The van der Waals surface area contributed by atoms with Gasteiger partial charge in [0, 0.05) is 11.3 Å². The van der Waals surface area contributed by atoms with Gasteiger partial charge in [-0.1, -0.05) is 18.2 Å². The second kappa shape index (κ2) is 7.62. The van der Waals surface area contributed by atoms with Crippen LogP contribution in [0.5, 0.6) is 0 Å². The molecule has 152 valence electrons. The predicted molar refractivity (Wildman–Crippen MR) is 101 cm³/mol. The molecule has 0 bridgehead atoms. The van der Waals surface area contributed by atoms with E-state index in [0.29, 0.717) is 5.56 Å². The summed E-state index contributed by atoms with van der Waals surface area (Å²) in [5.74, 6) is -5.09. The minimum Gasteiger partial charge on any atom is -0.324 e. The fourth-order valence-corrected chi connectivity index (χ4v) is 3.52. The number of rotatable bonds is 2. The molecule has 4 nitrogen and oxygen atoms in total. The van der Waals surface area contributed by atoms with Gasteiger partial charge in [0.2, 0.25) is 5.91 Å². The standard InChI is InChI=1S/C22H14F4N2O2/c23-13-6-4-12(5-7-13)21-15-10-14(24)8-9-18(15)27-19(29)11-28(21)22(30)20-16(25)2-1-3-17(20)26/h1-10,21H,11H2,(H,27,29)/t21-/m1/s1. The van der Waals surface area contributed by atoms with Crippen LogP contribution < -0.4 is 5.32 Å². The monoisotopic (exact) mass is 414 g/mol. The van der Waals surface area contributed by atoms with Crippen molar-refractivity contribution in [1.82, 2.24) is 4.90 Å². The number of nitrogens with one attached hydrogen (secondary N) is 1. The highest BCUT2D eigenvalue weighted by Gasteiger charge is 2.36. The van der Waals surface area contributed by atoms with Gasteiger partial charge in [-0.05, 0) is 48.0 Å². The van der Waals surface area contributed by atoms with E-state index in [4.69, 9.17) is 0 Å². The van der Waals surface area contributed by atoms with Gasteiger partial charge in [-0.15, -0.1) is 0 Å². The zero-order valence-corrected chi connectivity index (χ0v) is 15.3. The van der Waals surface area contributed by atoms with E-state index in [0.717, 1.165) is 47.4 Å². The molecule has 3 aromatic carbocycles. The number of amides is 2. The SMILES string of the molecule is O=C1CN(C(=O)c2c(F)cccc2F)[C@H](c2ccc(F)cc2)c2cc(F)ccc2N1. The van der Waals surface area contributed by atoms with Crippen molar-refractivity contribution in [3.05, 3.63) is 101 Å². The van der Waals surface area contributed by atoms with Gasteiger partial charge < -0.3 is 10.2 Å². The van der Waals surface area contributed by atoms with E-state index in [1.54, 1.807) is 0 Å². The summed E-state index contributed by atoms with van der Waals surface area (Å²) < 4.78 is 56.1. The van der Waals surface area contributed by atoms with Crippen molar-refractivity contribution >= 4 is 17.5 Å². The van der Waals surface area contributed by atoms with E-state index in [-0.39, 0.29) is 11.3 Å². The third-order valence-electron chi connectivity index (χ3n) is 4.83. The number of benzene rings is 3. The van der Waals surface area contributed by atoms with E-state index in [9.17, 15) is 27.2 Å². The fraction of sp³-hybridized carbons (Fsp3) is 0.0909. The predicted octanol–water partition coefficient (Wildman–Crippen LogP) is 4.43. The smallest absolute Gasteiger partial charge is 0.261 e. The summed E-state index contributed by atoms with van der Waals surface area (Å²) in [5.41, 5.74) is -0.0697. The van der Waals surface area contributed by atoms with Crippen molar-refractivity contribution in [2.24, 2.45) is 0 Å². The Hall–Kier alpha value is -3.68. The van der Waals surface area contributed by atoms with Gasteiger partial charge in [0.1, 0.15) is 35.4 Å². The van der Waals surface area contributed by atoms with Gasteiger partial charge in [-0.3, -0.25) is 9.59 Å². The molecule has 30 heavy (non-hydrogen) atoms. The average Bonchev–Trinajstić information content (AvgIpc) is 2.84. The molecule has 3 aromatic rings. The van der Waals surface area contributed by atoms with E-state index in [1.807, 2.05) is 0 Å². The molecule has 1 heterocycles. The first-order valence-electron chi connectivity index (χ1n) is 8.95. The fourth-order valence-electron chi connectivity index (χ4n) is 3.52. The van der Waals surface area contributed by atoms with Crippen molar-refractivity contribution in [1.29, 1.82) is 0 Å². The molecule has 1 aliphatic heterocycles. The Kier molecular flexibility index (Phi) is 4.99. The van der Waals surface area contributed by atoms with Crippen LogP contribution in [0.2, 0.25) is 0 Å². The lowest BCUT2D eigenvalue weighted by molar-refractivity contribution is -0.117. The number of halogens is 4. The van der Waals surface area contributed by atoms with Crippen LogP contribution in [0.25, 0.3) is 0 Å². The number of nitrogens with zero attached hydrogens (tertiary/aromatic N) is 1. The molecular weight excluding hydrogens is 400 g/mol. The number of hydrogen-bond acceptors (Lipinski definition) is 2. The summed E-state index contributed by atoms with van der Waals surface area (Å²) in [4.78, 5) is 26.6. The zero-order valence-electron chi connectivity index (χ0n) is 15.3. The number of fused-ring (bicyclic) bond motifs is 1. The van der Waals surface area contributed by atoms with Crippen LogP contribution >= 0.6 is 0 Å². The molecule has 0 fully saturated rings. The maximum Gasteiger partial charge on any atom is 0.261 e. The van der Waals surface area contributed by atoms with Crippen LogP contribution in [0.4, 0.5) is 23.2 Å². The molecule has 0 spiro atoms. The lowest BCUT2D eigenvalue weighted by Crippen LogP contribution is -2.39. The number of hydrogen-bond donors (Lipinski definition) is 1. The van der Waals surface area contributed by atoms with Gasteiger partial charge in [0.15, 0.2) is 0 Å². The first kappa shape index (κ1) is 19.6. The molecule has 8 heteroatoms. The van der Waals surface area contributed by atoms with Crippen molar-refractivity contribution < 1.29 is 27.2 Å². The first-order chi connectivity index (χ1) is 14.3. The highest BCUT2D eigenvalue weighted by atomic mass is 19.1. The maximum atomic E-state index is 14.3. The van der Waals surface area contributed by atoms with E-state index < -0.39 is 53.2 Å². The van der Waals surface area contributed by atoms with Crippen LogP contribution in [0.15, 0.2) is 60.7 Å². The summed E-state index contributed by atoms with van der Waals surface area (Å²) in [6.07, 6.45) is 0. The molecule has 2 amide bonds. The van der Waals surface area contributed by atoms with Crippen LogP contribution in [0.1, 0.15) is 27.5 Å². The Balaban J connectivity index is 1.93. The quantitative estimate of drug-likeness (QED) is 0.631. The average molecular weight is 414 g/mol. The lowest BCUT2D eigenvalue weighted by Gasteiger charge is -2.30. The molecule has 1 atom stereocenters. The molecule has 0 radical (unpaired) electrons. The summed E-state index contributed by atoms with van der Waals surface area (Å²) in [5, 5.41) is 2.57. The normalized spacial score (nSPS) is 15.9. The molecule has 0 saturated carbocycles. The van der Waals surface area contributed by atoms with Gasteiger partial charge in [-0.2, -0.15) is 0 Å². The van der Waals surface area contributed by atoms with Crippen molar-refractivity contribution in [3.63, 3.8) is 0 Å². The Labute approximate surface area is 168 Å². The topological polar surface area (TPSA) is 49.4 Å². The molecule has 1 N–H and O–H groups in total. The van der Waals surface area contributed by atoms with E-state index in [2.05, 4.69) is 5.32 Å². The minimum absolute atomic E-state index is 0.192. The zero-order chi connectivity index (χ0) is 21.4. The first-order valence-corrected chi connectivity index (χ1v) is 8.95. The summed E-state index contributed by atoms with van der Waals surface area (Å²) >= 11 is 0. The summed E-state index contributed by atoms with van der Waals surface area (Å²) in [6.45, 7) is -0.551. The van der Waals surface area contributed by atoms with E-state index in [1.165, 1.54) is 18.2 Å². The molecular formula is C22H14F4N2O2. The van der Waals surface area contributed by atoms with Crippen LogP contribution in [-0.2, 0) is 4.79 Å². The van der Waals surface area contributed by atoms with Crippen LogP contribution in [-0.4, -0.2) is 23.3 Å².